The maximum atomic E-state index is 13.0. The number of para-hydroxylation sites is 1. The van der Waals surface area contributed by atoms with E-state index in [1.807, 2.05) is 60.7 Å². The van der Waals surface area contributed by atoms with Gasteiger partial charge in [-0.15, -0.1) is 0 Å². The molecule has 2 amide bonds. The van der Waals surface area contributed by atoms with Gasteiger partial charge in [0.15, 0.2) is 0 Å². The molecule has 6 heteroatoms. The van der Waals surface area contributed by atoms with Crippen molar-refractivity contribution in [1.82, 2.24) is 5.43 Å². The Balaban J connectivity index is 1.48. The summed E-state index contributed by atoms with van der Waals surface area (Å²) in [7, 11) is -1.33. The molecule has 2 atom stereocenters. The summed E-state index contributed by atoms with van der Waals surface area (Å²) in [6, 6.07) is 26.3. The zero-order chi connectivity index (χ0) is 20.2. The van der Waals surface area contributed by atoms with Gasteiger partial charge in [0, 0.05) is 10.6 Å². The molecule has 0 spiro atoms. The quantitative estimate of drug-likeness (QED) is 0.639. The molecule has 1 saturated heterocycles. The number of anilines is 1. The number of hydrogen-bond acceptors (Lipinski definition) is 3. The first-order valence-corrected chi connectivity index (χ1v) is 10.7. The molecule has 0 radical (unpaired) electrons. The number of nitrogens with one attached hydrogen (secondary N) is 1. The second-order valence-electron chi connectivity index (χ2n) is 6.74. The SMILES string of the molecule is O=C1NN(c2ccccc2)C(=O)C1CCS(=O)c1ccccc1-c1ccccc1. The number of hydrogen-bond donors (Lipinski definition) is 1. The highest BCUT2D eigenvalue weighted by atomic mass is 32.2. The Morgan fingerprint density at radius 1 is 0.828 bits per heavy atom. The Hall–Kier alpha value is -3.25. The highest BCUT2D eigenvalue weighted by molar-refractivity contribution is 7.85. The van der Waals surface area contributed by atoms with Gasteiger partial charge in [-0.3, -0.25) is 19.2 Å². The summed E-state index contributed by atoms with van der Waals surface area (Å²) in [5, 5.41) is 1.27. The van der Waals surface area contributed by atoms with Crippen molar-refractivity contribution < 1.29 is 13.8 Å². The molecule has 1 heterocycles. The second kappa shape index (κ2) is 8.41. The Morgan fingerprint density at radius 2 is 1.45 bits per heavy atom. The third-order valence-corrected chi connectivity index (χ3v) is 6.33. The number of benzene rings is 3. The van der Waals surface area contributed by atoms with Crippen LogP contribution in [-0.2, 0) is 20.4 Å². The minimum absolute atomic E-state index is 0.226. The molecule has 3 aromatic carbocycles. The van der Waals surface area contributed by atoms with E-state index in [0.717, 1.165) is 11.1 Å². The molecule has 0 aromatic heterocycles. The molecule has 2 unspecified atom stereocenters. The number of nitrogens with zero attached hydrogens (tertiary/aromatic N) is 1. The Labute approximate surface area is 171 Å². The van der Waals surface area contributed by atoms with Crippen molar-refractivity contribution in [1.29, 1.82) is 0 Å². The second-order valence-corrected chi connectivity index (χ2v) is 8.28. The fourth-order valence-corrected chi connectivity index (χ4v) is 4.72. The van der Waals surface area contributed by atoms with E-state index in [2.05, 4.69) is 5.43 Å². The van der Waals surface area contributed by atoms with E-state index in [4.69, 9.17) is 0 Å². The highest BCUT2D eigenvalue weighted by Gasteiger charge is 2.39. The third-order valence-electron chi connectivity index (χ3n) is 4.88. The van der Waals surface area contributed by atoms with Gasteiger partial charge >= 0.3 is 0 Å². The van der Waals surface area contributed by atoms with Crippen LogP contribution in [0.2, 0.25) is 0 Å². The van der Waals surface area contributed by atoms with Crippen LogP contribution in [0, 0.1) is 5.92 Å². The van der Waals surface area contributed by atoms with Crippen molar-refractivity contribution in [2.45, 2.75) is 11.3 Å². The lowest BCUT2D eigenvalue weighted by Gasteiger charge is -2.15. The number of hydrazine groups is 1. The van der Waals surface area contributed by atoms with E-state index in [-0.39, 0.29) is 24.0 Å². The lowest BCUT2D eigenvalue weighted by Crippen LogP contribution is -2.35. The molecule has 0 bridgehead atoms. The standard InChI is InChI=1S/C23H20N2O3S/c26-22-20(23(27)25(24-22)18-11-5-2-6-12-18)15-16-29(28)21-14-8-7-13-19(21)17-9-3-1-4-10-17/h1-14,20H,15-16H2,(H,24,26). The van der Waals surface area contributed by atoms with Gasteiger partial charge in [0.1, 0.15) is 5.92 Å². The first kappa shape index (κ1) is 19.1. The highest BCUT2D eigenvalue weighted by Crippen LogP contribution is 2.28. The summed E-state index contributed by atoms with van der Waals surface area (Å²) < 4.78 is 13.0. The van der Waals surface area contributed by atoms with Crippen molar-refractivity contribution in [3.63, 3.8) is 0 Å². The van der Waals surface area contributed by atoms with E-state index in [1.54, 1.807) is 24.3 Å². The molecule has 1 aliphatic rings. The summed E-state index contributed by atoms with van der Waals surface area (Å²) in [6.07, 6.45) is 0.226. The molecule has 5 nitrogen and oxygen atoms in total. The van der Waals surface area contributed by atoms with Crippen LogP contribution >= 0.6 is 0 Å². The topological polar surface area (TPSA) is 66.5 Å². The predicted molar refractivity (Wildman–Crippen MR) is 113 cm³/mol. The maximum absolute atomic E-state index is 13.0. The molecular formula is C23H20N2O3S. The number of rotatable bonds is 6. The number of amides is 2. The summed E-state index contributed by atoms with van der Waals surface area (Å²) in [4.78, 5) is 25.7. The molecule has 1 fully saturated rings. The van der Waals surface area contributed by atoms with Gasteiger partial charge in [-0.2, -0.15) is 0 Å². The van der Waals surface area contributed by atoms with Gasteiger partial charge in [-0.25, -0.2) is 5.01 Å². The van der Waals surface area contributed by atoms with Gasteiger partial charge in [0.2, 0.25) is 0 Å². The van der Waals surface area contributed by atoms with E-state index in [0.29, 0.717) is 10.6 Å². The van der Waals surface area contributed by atoms with Crippen molar-refractivity contribution in [2.24, 2.45) is 5.92 Å². The average Bonchev–Trinajstić information content (AvgIpc) is 3.06. The maximum Gasteiger partial charge on any atom is 0.258 e. The average molecular weight is 404 g/mol. The van der Waals surface area contributed by atoms with E-state index >= 15 is 0 Å². The molecule has 146 valence electrons. The zero-order valence-electron chi connectivity index (χ0n) is 15.7. The third kappa shape index (κ3) is 3.98. The predicted octanol–water partition coefficient (Wildman–Crippen LogP) is 3.55. The van der Waals surface area contributed by atoms with E-state index in [9.17, 15) is 13.8 Å². The van der Waals surface area contributed by atoms with Gasteiger partial charge in [-0.1, -0.05) is 66.7 Å². The Bertz CT molecular complexity index is 1050. The fourth-order valence-electron chi connectivity index (χ4n) is 3.39. The normalized spacial score (nSPS) is 17.2. The van der Waals surface area contributed by atoms with Crippen molar-refractivity contribution in [3.8, 4) is 11.1 Å². The smallest absolute Gasteiger partial charge is 0.258 e. The Kier molecular flexibility index (Phi) is 5.53. The van der Waals surface area contributed by atoms with Crippen LogP contribution in [0.25, 0.3) is 11.1 Å². The van der Waals surface area contributed by atoms with Crippen molar-refractivity contribution >= 4 is 28.3 Å². The summed E-state index contributed by atoms with van der Waals surface area (Å²) in [6.45, 7) is 0. The number of carbonyl (C=O) groups is 2. The summed E-state index contributed by atoms with van der Waals surface area (Å²) in [5.74, 6) is -1.26. The van der Waals surface area contributed by atoms with Gasteiger partial charge in [0.05, 0.1) is 16.5 Å². The molecular weight excluding hydrogens is 384 g/mol. The minimum atomic E-state index is -1.33. The molecule has 1 N–H and O–H groups in total. The van der Waals surface area contributed by atoms with Gasteiger partial charge < -0.3 is 0 Å². The van der Waals surface area contributed by atoms with Crippen LogP contribution in [0.5, 0.6) is 0 Å². The lowest BCUT2D eigenvalue weighted by molar-refractivity contribution is -0.127. The minimum Gasteiger partial charge on any atom is -0.272 e. The number of carbonyl (C=O) groups excluding carboxylic acids is 2. The van der Waals surface area contributed by atoms with E-state index < -0.39 is 16.7 Å². The van der Waals surface area contributed by atoms with Crippen LogP contribution in [0.15, 0.2) is 89.8 Å². The largest absolute Gasteiger partial charge is 0.272 e. The van der Waals surface area contributed by atoms with Crippen molar-refractivity contribution in [3.05, 3.63) is 84.9 Å². The first-order valence-electron chi connectivity index (χ1n) is 9.37. The van der Waals surface area contributed by atoms with Crippen LogP contribution in [0.4, 0.5) is 5.69 Å². The monoisotopic (exact) mass is 404 g/mol. The van der Waals surface area contributed by atoms with E-state index in [1.165, 1.54) is 5.01 Å². The van der Waals surface area contributed by atoms with Crippen LogP contribution < -0.4 is 10.4 Å². The molecule has 0 saturated carbocycles. The molecule has 3 aromatic rings. The zero-order valence-corrected chi connectivity index (χ0v) is 16.5. The molecule has 1 aliphatic heterocycles. The van der Waals surface area contributed by atoms with Gasteiger partial charge in [-0.05, 0) is 35.7 Å². The van der Waals surface area contributed by atoms with Crippen LogP contribution in [-0.4, -0.2) is 21.8 Å². The summed E-state index contributed by atoms with van der Waals surface area (Å²) in [5.41, 5.74) is 5.12. The van der Waals surface area contributed by atoms with Crippen LogP contribution in [0.1, 0.15) is 6.42 Å². The molecule has 0 aliphatic carbocycles. The fraction of sp³-hybridized carbons (Fsp3) is 0.130. The first-order chi connectivity index (χ1) is 14.1. The van der Waals surface area contributed by atoms with Crippen molar-refractivity contribution in [2.75, 3.05) is 10.8 Å². The molecule has 4 rings (SSSR count). The molecule has 29 heavy (non-hydrogen) atoms. The van der Waals surface area contributed by atoms with Gasteiger partial charge in [0.25, 0.3) is 11.8 Å². The lowest BCUT2D eigenvalue weighted by atomic mass is 10.1. The summed E-state index contributed by atoms with van der Waals surface area (Å²) >= 11 is 0. The van der Waals surface area contributed by atoms with Crippen LogP contribution in [0.3, 0.4) is 0 Å². The Morgan fingerprint density at radius 3 is 2.17 bits per heavy atom.